The summed E-state index contributed by atoms with van der Waals surface area (Å²) in [5.41, 5.74) is 2.22. The molecule has 34 heavy (non-hydrogen) atoms. The Bertz CT molecular complexity index is 1080. The van der Waals surface area contributed by atoms with Crippen molar-refractivity contribution in [2.75, 3.05) is 30.0 Å². The van der Waals surface area contributed by atoms with Crippen molar-refractivity contribution in [2.45, 2.75) is 27.2 Å². The van der Waals surface area contributed by atoms with E-state index in [4.69, 9.17) is 21.1 Å². The number of amides is 2. The number of hydrogen-bond acceptors (Lipinski definition) is 6. The Kier molecular flexibility index (Phi) is 8.28. The van der Waals surface area contributed by atoms with Gasteiger partial charge < -0.3 is 19.7 Å². The lowest BCUT2D eigenvalue weighted by atomic mass is 10.1. The molecule has 0 aliphatic carbocycles. The number of rotatable bonds is 8. The van der Waals surface area contributed by atoms with Gasteiger partial charge in [-0.3, -0.25) is 14.4 Å². The molecule has 0 unspecified atom stereocenters. The first kappa shape index (κ1) is 25.2. The zero-order valence-electron chi connectivity index (χ0n) is 19.3. The van der Waals surface area contributed by atoms with Crippen molar-refractivity contribution in [3.8, 4) is 0 Å². The van der Waals surface area contributed by atoms with E-state index in [-0.39, 0.29) is 24.8 Å². The van der Waals surface area contributed by atoms with E-state index in [9.17, 15) is 19.2 Å². The molecule has 0 spiro atoms. The molecule has 1 fully saturated rings. The highest BCUT2D eigenvalue weighted by Crippen LogP contribution is 2.31. The number of nitrogens with zero attached hydrogens (tertiary/aromatic N) is 1. The molecule has 0 bridgehead atoms. The molecule has 3 rings (SSSR count). The molecule has 1 N–H and O–H groups in total. The smallest absolute Gasteiger partial charge is 0.338 e. The van der Waals surface area contributed by atoms with Crippen LogP contribution in [-0.2, 0) is 23.9 Å². The topological polar surface area (TPSA) is 102 Å². The third-order valence-electron chi connectivity index (χ3n) is 5.29. The van der Waals surface area contributed by atoms with Gasteiger partial charge in [-0.2, -0.15) is 0 Å². The van der Waals surface area contributed by atoms with Crippen LogP contribution in [-0.4, -0.2) is 43.5 Å². The highest BCUT2D eigenvalue weighted by atomic mass is 35.5. The third-order valence-corrected chi connectivity index (χ3v) is 5.70. The van der Waals surface area contributed by atoms with E-state index in [0.29, 0.717) is 28.6 Å². The van der Waals surface area contributed by atoms with Gasteiger partial charge in [-0.15, -0.1) is 0 Å². The molecule has 180 valence electrons. The van der Waals surface area contributed by atoms with Crippen LogP contribution >= 0.6 is 11.6 Å². The fraction of sp³-hybridized carbons (Fsp3) is 0.360. The normalized spacial score (nSPS) is 15.4. The van der Waals surface area contributed by atoms with E-state index in [1.807, 2.05) is 20.8 Å². The van der Waals surface area contributed by atoms with Gasteiger partial charge in [0.15, 0.2) is 6.61 Å². The van der Waals surface area contributed by atoms with Gasteiger partial charge in [0.2, 0.25) is 5.91 Å². The number of halogens is 1. The molecule has 2 amide bonds. The van der Waals surface area contributed by atoms with E-state index < -0.39 is 30.4 Å². The Labute approximate surface area is 203 Å². The number of carbonyl (C=O) groups is 4. The Balaban J connectivity index is 1.48. The van der Waals surface area contributed by atoms with Gasteiger partial charge in [-0.1, -0.05) is 31.5 Å². The predicted molar refractivity (Wildman–Crippen MR) is 128 cm³/mol. The summed E-state index contributed by atoms with van der Waals surface area (Å²) in [7, 11) is 0. The minimum atomic E-state index is -0.671. The number of esters is 2. The molecule has 0 aromatic heterocycles. The first-order valence-electron chi connectivity index (χ1n) is 10.9. The van der Waals surface area contributed by atoms with Gasteiger partial charge in [-0.25, -0.2) is 4.79 Å². The summed E-state index contributed by atoms with van der Waals surface area (Å²) >= 11 is 6.14. The zero-order valence-corrected chi connectivity index (χ0v) is 20.1. The maximum absolute atomic E-state index is 12.4. The molecule has 0 radical (unpaired) electrons. The van der Waals surface area contributed by atoms with Crippen molar-refractivity contribution >= 4 is 46.7 Å². The van der Waals surface area contributed by atoms with Crippen LogP contribution in [0.3, 0.4) is 0 Å². The van der Waals surface area contributed by atoms with E-state index in [0.717, 1.165) is 5.56 Å². The fourth-order valence-corrected chi connectivity index (χ4v) is 3.62. The minimum absolute atomic E-state index is 0.000770. The van der Waals surface area contributed by atoms with E-state index in [1.54, 1.807) is 42.5 Å². The molecular weight excluding hydrogens is 460 g/mol. The van der Waals surface area contributed by atoms with Crippen LogP contribution in [0.15, 0.2) is 42.5 Å². The van der Waals surface area contributed by atoms with Crippen LogP contribution in [0.5, 0.6) is 0 Å². The third kappa shape index (κ3) is 6.35. The van der Waals surface area contributed by atoms with Crippen LogP contribution in [0.2, 0.25) is 5.02 Å². The molecule has 1 saturated heterocycles. The lowest BCUT2D eigenvalue weighted by Crippen LogP contribution is -2.28. The van der Waals surface area contributed by atoms with Crippen molar-refractivity contribution in [3.05, 3.63) is 58.6 Å². The molecule has 1 heterocycles. The number of hydrogen-bond donors (Lipinski definition) is 1. The Morgan fingerprint density at radius 2 is 1.82 bits per heavy atom. The van der Waals surface area contributed by atoms with E-state index in [1.165, 1.54) is 4.90 Å². The second-order valence-corrected chi connectivity index (χ2v) is 8.92. The van der Waals surface area contributed by atoms with Gasteiger partial charge in [0.05, 0.1) is 18.1 Å². The average molecular weight is 487 g/mol. The monoisotopic (exact) mass is 486 g/mol. The molecule has 2 aromatic rings. The van der Waals surface area contributed by atoms with Crippen LogP contribution < -0.4 is 10.2 Å². The van der Waals surface area contributed by atoms with Crippen molar-refractivity contribution in [2.24, 2.45) is 11.8 Å². The maximum atomic E-state index is 12.4. The highest BCUT2D eigenvalue weighted by Gasteiger charge is 2.37. The molecular formula is C25H27ClN2O6. The molecule has 1 aliphatic rings. The molecule has 1 atom stereocenters. The van der Waals surface area contributed by atoms with Crippen LogP contribution in [0.1, 0.15) is 36.2 Å². The largest absolute Gasteiger partial charge is 0.462 e. The SMILES string of the molecule is Cc1c(Cl)cccc1N1C[C@@H](C(=O)OCC(=O)Nc2ccc(C(=O)OCC(C)C)cc2)CC1=O. The van der Waals surface area contributed by atoms with Crippen LogP contribution in [0.4, 0.5) is 11.4 Å². The first-order valence-corrected chi connectivity index (χ1v) is 11.3. The summed E-state index contributed by atoms with van der Waals surface area (Å²) in [4.78, 5) is 50.6. The molecule has 1 aliphatic heterocycles. The molecule has 0 saturated carbocycles. The second-order valence-electron chi connectivity index (χ2n) is 8.51. The lowest BCUT2D eigenvalue weighted by molar-refractivity contribution is -0.151. The van der Waals surface area contributed by atoms with Gasteiger partial charge in [-0.05, 0) is 54.8 Å². The van der Waals surface area contributed by atoms with Crippen molar-refractivity contribution in [1.29, 1.82) is 0 Å². The number of carbonyl (C=O) groups excluding carboxylic acids is 4. The lowest BCUT2D eigenvalue weighted by Gasteiger charge is -2.19. The number of nitrogens with one attached hydrogen (secondary N) is 1. The summed E-state index contributed by atoms with van der Waals surface area (Å²) in [6, 6.07) is 11.5. The maximum Gasteiger partial charge on any atom is 0.338 e. The Hall–Kier alpha value is -3.39. The van der Waals surface area contributed by atoms with Gasteiger partial charge in [0.25, 0.3) is 5.91 Å². The molecule has 9 heteroatoms. The highest BCUT2D eigenvalue weighted by molar-refractivity contribution is 6.31. The van der Waals surface area contributed by atoms with Crippen molar-refractivity contribution < 1.29 is 28.7 Å². The summed E-state index contributed by atoms with van der Waals surface area (Å²) in [6.45, 7) is 5.69. The van der Waals surface area contributed by atoms with E-state index >= 15 is 0 Å². The first-order chi connectivity index (χ1) is 16.2. The van der Waals surface area contributed by atoms with Crippen LogP contribution in [0, 0.1) is 18.8 Å². The summed E-state index contributed by atoms with van der Waals surface area (Å²) in [6.07, 6.45) is 0.000770. The predicted octanol–water partition coefficient (Wildman–Crippen LogP) is 4.00. The minimum Gasteiger partial charge on any atom is -0.462 e. The van der Waals surface area contributed by atoms with Crippen molar-refractivity contribution in [3.63, 3.8) is 0 Å². The zero-order chi connectivity index (χ0) is 24.8. The average Bonchev–Trinajstić information content (AvgIpc) is 3.19. The summed E-state index contributed by atoms with van der Waals surface area (Å²) in [5, 5.41) is 3.14. The van der Waals surface area contributed by atoms with E-state index in [2.05, 4.69) is 5.32 Å². The number of benzene rings is 2. The summed E-state index contributed by atoms with van der Waals surface area (Å²) in [5.74, 6) is -2.23. The Morgan fingerprint density at radius 1 is 1.12 bits per heavy atom. The quantitative estimate of drug-likeness (QED) is 0.566. The Morgan fingerprint density at radius 3 is 2.50 bits per heavy atom. The van der Waals surface area contributed by atoms with Crippen molar-refractivity contribution in [1.82, 2.24) is 0 Å². The second kappa shape index (κ2) is 11.2. The van der Waals surface area contributed by atoms with Gasteiger partial charge in [0.1, 0.15) is 0 Å². The van der Waals surface area contributed by atoms with Gasteiger partial charge in [0, 0.05) is 29.4 Å². The summed E-state index contributed by atoms with van der Waals surface area (Å²) < 4.78 is 10.3. The number of ether oxygens (including phenoxy) is 2. The van der Waals surface area contributed by atoms with Gasteiger partial charge >= 0.3 is 11.9 Å². The van der Waals surface area contributed by atoms with Crippen LogP contribution in [0.25, 0.3) is 0 Å². The molecule has 2 aromatic carbocycles. The molecule has 8 nitrogen and oxygen atoms in total. The fourth-order valence-electron chi connectivity index (χ4n) is 3.45. The number of anilines is 2. The standard InChI is InChI=1S/C25H27ClN2O6/c1-15(2)13-33-24(31)17-7-9-19(10-8-17)27-22(29)14-34-25(32)18-11-23(30)28(12-18)21-6-4-5-20(26)16(21)3/h4-10,15,18H,11-14H2,1-3H3,(H,27,29)/t18-/m0/s1.